The van der Waals surface area contributed by atoms with Gasteiger partial charge in [-0.3, -0.25) is 10.1 Å². The van der Waals surface area contributed by atoms with Crippen LogP contribution in [0, 0.1) is 10.1 Å². The Kier molecular flexibility index (Phi) is 4.52. The highest BCUT2D eigenvalue weighted by molar-refractivity contribution is 9.11. The Hall–Kier alpha value is -1.44. The van der Waals surface area contributed by atoms with Crippen LogP contribution < -0.4 is 10.5 Å². The monoisotopic (exact) mass is 342 g/mol. The van der Waals surface area contributed by atoms with Crippen molar-refractivity contribution in [2.45, 2.75) is 13.2 Å². The van der Waals surface area contributed by atoms with Crippen molar-refractivity contribution in [1.82, 2.24) is 0 Å². The van der Waals surface area contributed by atoms with Gasteiger partial charge in [0.15, 0.2) is 5.75 Å². The molecular weight excluding hydrogens is 332 g/mol. The predicted octanol–water partition coefficient (Wildman–Crippen LogP) is 3.46. The quantitative estimate of drug-likeness (QED) is 0.666. The summed E-state index contributed by atoms with van der Waals surface area (Å²) in [6.07, 6.45) is 0. The molecule has 1 heterocycles. The van der Waals surface area contributed by atoms with E-state index in [-0.39, 0.29) is 18.0 Å². The Morgan fingerprint density at radius 1 is 1.37 bits per heavy atom. The van der Waals surface area contributed by atoms with Gasteiger partial charge in [0.25, 0.3) is 0 Å². The Morgan fingerprint density at radius 2 is 2.16 bits per heavy atom. The molecule has 1 aromatic carbocycles. The van der Waals surface area contributed by atoms with E-state index in [2.05, 4.69) is 15.9 Å². The highest BCUT2D eigenvalue weighted by Crippen LogP contribution is 2.30. The van der Waals surface area contributed by atoms with Gasteiger partial charge in [-0.25, -0.2) is 0 Å². The van der Waals surface area contributed by atoms with E-state index in [0.29, 0.717) is 12.2 Å². The summed E-state index contributed by atoms with van der Waals surface area (Å²) < 4.78 is 6.50. The van der Waals surface area contributed by atoms with Gasteiger partial charge in [-0.2, -0.15) is 0 Å². The standard InChI is InChI=1S/C12H11BrN2O3S/c13-12-4-2-9(19-12)7-18-11-3-1-8(6-14)5-10(11)15(16)17/h1-5H,6-7,14H2. The summed E-state index contributed by atoms with van der Waals surface area (Å²) in [7, 11) is 0. The lowest BCUT2D eigenvalue weighted by Gasteiger charge is -2.06. The third kappa shape index (κ3) is 3.52. The molecule has 0 unspecified atom stereocenters. The van der Waals surface area contributed by atoms with Gasteiger partial charge in [-0.1, -0.05) is 6.07 Å². The number of thiophene rings is 1. The molecule has 0 radical (unpaired) electrons. The normalized spacial score (nSPS) is 10.4. The Bertz CT molecular complexity index is 600. The van der Waals surface area contributed by atoms with Crippen LogP contribution in [0.5, 0.6) is 5.75 Å². The fourth-order valence-electron chi connectivity index (χ4n) is 1.53. The minimum Gasteiger partial charge on any atom is -0.481 e. The summed E-state index contributed by atoms with van der Waals surface area (Å²) in [4.78, 5) is 11.5. The van der Waals surface area contributed by atoms with Gasteiger partial charge in [0, 0.05) is 17.5 Å². The molecule has 0 aliphatic rings. The van der Waals surface area contributed by atoms with Crippen molar-refractivity contribution < 1.29 is 9.66 Å². The van der Waals surface area contributed by atoms with Crippen molar-refractivity contribution in [2.75, 3.05) is 0 Å². The van der Waals surface area contributed by atoms with Crippen LogP contribution in [-0.2, 0) is 13.2 Å². The molecule has 100 valence electrons. The van der Waals surface area contributed by atoms with Crippen LogP contribution in [0.25, 0.3) is 0 Å². The molecule has 5 nitrogen and oxygen atoms in total. The van der Waals surface area contributed by atoms with E-state index in [0.717, 1.165) is 8.66 Å². The van der Waals surface area contributed by atoms with Gasteiger partial charge in [0.05, 0.1) is 8.71 Å². The lowest BCUT2D eigenvalue weighted by atomic mass is 10.2. The largest absolute Gasteiger partial charge is 0.481 e. The van der Waals surface area contributed by atoms with Crippen molar-refractivity contribution in [3.05, 3.63) is 54.7 Å². The molecule has 0 fully saturated rings. The summed E-state index contributed by atoms with van der Waals surface area (Å²) >= 11 is 4.89. The van der Waals surface area contributed by atoms with Crippen LogP contribution in [0.15, 0.2) is 34.1 Å². The lowest BCUT2D eigenvalue weighted by molar-refractivity contribution is -0.386. The maximum atomic E-state index is 11.0. The van der Waals surface area contributed by atoms with Gasteiger partial charge in [-0.05, 0) is 39.7 Å². The average Bonchev–Trinajstić information content (AvgIpc) is 2.82. The van der Waals surface area contributed by atoms with E-state index in [9.17, 15) is 10.1 Å². The number of nitro benzene ring substituents is 1. The molecule has 19 heavy (non-hydrogen) atoms. The van der Waals surface area contributed by atoms with Gasteiger partial charge in [0.1, 0.15) is 6.61 Å². The van der Waals surface area contributed by atoms with Crippen LogP contribution in [0.4, 0.5) is 5.69 Å². The highest BCUT2D eigenvalue weighted by atomic mass is 79.9. The Balaban J connectivity index is 2.17. The summed E-state index contributed by atoms with van der Waals surface area (Å²) in [5.41, 5.74) is 6.12. The summed E-state index contributed by atoms with van der Waals surface area (Å²) in [6, 6.07) is 8.58. The third-order valence-electron chi connectivity index (χ3n) is 2.45. The number of nitrogens with zero attached hydrogens (tertiary/aromatic N) is 1. The van der Waals surface area contributed by atoms with Crippen molar-refractivity contribution in [2.24, 2.45) is 5.73 Å². The van der Waals surface area contributed by atoms with E-state index < -0.39 is 4.92 Å². The second-order valence-corrected chi connectivity index (χ2v) is 6.31. The Labute approximate surface area is 122 Å². The van der Waals surface area contributed by atoms with Gasteiger partial charge >= 0.3 is 5.69 Å². The molecular formula is C12H11BrN2O3S. The zero-order chi connectivity index (χ0) is 13.8. The molecule has 1 aromatic heterocycles. The van der Waals surface area contributed by atoms with Crippen LogP contribution in [-0.4, -0.2) is 4.92 Å². The molecule has 0 spiro atoms. The second-order valence-electron chi connectivity index (χ2n) is 3.76. The first-order valence-electron chi connectivity index (χ1n) is 5.44. The van der Waals surface area contributed by atoms with Crippen LogP contribution in [0.1, 0.15) is 10.4 Å². The molecule has 0 aliphatic heterocycles. The average molecular weight is 343 g/mol. The molecule has 2 N–H and O–H groups in total. The molecule has 7 heteroatoms. The van der Waals surface area contributed by atoms with E-state index in [1.807, 2.05) is 12.1 Å². The zero-order valence-electron chi connectivity index (χ0n) is 9.84. The molecule has 0 saturated carbocycles. The summed E-state index contributed by atoms with van der Waals surface area (Å²) in [5, 5.41) is 11.0. The molecule has 0 atom stereocenters. The van der Waals surface area contributed by atoms with Crippen LogP contribution in [0.2, 0.25) is 0 Å². The number of rotatable bonds is 5. The molecule has 0 amide bonds. The molecule has 2 aromatic rings. The number of hydrogen-bond donors (Lipinski definition) is 1. The maximum absolute atomic E-state index is 11.0. The van der Waals surface area contributed by atoms with Crippen molar-refractivity contribution in [3.8, 4) is 5.75 Å². The van der Waals surface area contributed by atoms with Crippen molar-refractivity contribution >= 4 is 33.0 Å². The van der Waals surface area contributed by atoms with Gasteiger partial charge < -0.3 is 10.5 Å². The van der Waals surface area contributed by atoms with Crippen molar-refractivity contribution in [1.29, 1.82) is 0 Å². The van der Waals surface area contributed by atoms with Crippen LogP contribution >= 0.6 is 27.3 Å². The maximum Gasteiger partial charge on any atom is 0.311 e. The minimum absolute atomic E-state index is 0.0569. The molecule has 0 aliphatic carbocycles. The van der Waals surface area contributed by atoms with Gasteiger partial charge in [-0.15, -0.1) is 11.3 Å². The molecule has 0 saturated heterocycles. The predicted molar refractivity (Wildman–Crippen MR) is 77.3 cm³/mol. The second kappa shape index (κ2) is 6.14. The number of hydrogen-bond acceptors (Lipinski definition) is 5. The van der Waals surface area contributed by atoms with Crippen LogP contribution in [0.3, 0.4) is 0 Å². The fourth-order valence-corrected chi connectivity index (χ4v) is 2.93. The fraction of sp³-hybridized carbons (Fsp3) is 0.167. The van der Waals surface area contributed by atoms with Crippen molar-refractivity contribution in [3.63, 3.8) is 0 Å². The SMILES string of the molecule is NCc1ccc(OCc2ccc(Br)s2)c([N+](=O)[O-])c1. The van der Waals surface area contributed by atoms with E-state index >= 15 is 0 Å². The van der Waals surface area contributed by atoms with E-state index in [1.165, 1.54) is 17.4 Å². The number of nitro groups is 1. The summed E-state index contributed by atoms with van der Waals surface area (Å²) in [5.74, 6) is 0.256. The smallest absolute Gasteiger partial charge is 0.311 e. The number of ether oxygens (including phenoxy) is 1. The Morgan fingerprint density at radius 3 is 2.74 bits per heavy atom. The van der Waals surface area contributed by atoms with Gasteiger partial charge in [0.2, 0.25) is 0 Å². The number of nitrogens with two attached hydrogens (primary N) is 1. The number of halogens is 1. The third-order valence-corrected chi connectivity index (χ3v) is 4.05. The molecule has 0 bridgehead atoms. The summed E-state index contributed by atoms with van der Waals surface area (Å²) in [6.45, 7) is 0.568. The molecule has 2 rings (SSSR count). The lowest BCUT2D eigenvalue weighted by Crippen LogP contribution is -2.01. The first-order chi connectivity index (χ1) is 9.10. The zero-order valence-corrected chi connectivity index (χ0v) is 12.2. The number of benzene rings is 1. The highest BCUT2D eigenvalue weighted by Gasteiger charge is 2.16. The topological polar surface area (TPSA) is 78.4 Å². The first-order valence-corrected chi connectivity index (χ1v) is 7.05. The van der Waals surface area contributed by atoms with E-state index in [1.54, 1.807) is 12.1 Å². The first kappa shape index (κ1) is 14.0. The van der Waals surface area contributed by atoms with E-state index in [4.69, 9.17) is 10.5 Å². The minimum atomic E-state index is -0.459.